The number of aliphatic carboxylic acids is 1. The molecule has 0 radical (unpaired) electrons. The minimum absolute atomic E-state index is 0.0652. The first-order valence-corrected chi connectivity index (χ1v) is 27.8. The maximum absolute atomic E-state index is 13.7. The van der Waals surface area contributed by atoms with Gasteiger partial charge in [-0.15, -0.1) is 0 Å². The molecule has 37 heteroatoms. The predicted octanol–water partition coefficient (Wildman–Crippen LogP) is -1.04. The van der Waals surface area contributed by atoms with Crippen LogP contribution in [0.4, 0.5) is 0 Å². The first-order valence-electron chi connectivity index (χ1n) is 14.6. The molecule has 0 aliphatic carbocycles. The van der Waals surface area contributed by atoms with Gasteiger partial charge in [0.1, 0.15) is 0 Å². The summed E-state index contributed by atoms with van der Waals surface area (Å²) in [5.74, 6) is -1.20. The number of nitrogens with zero attached hydrogens (tertiary/aromatic N) is 3. The zero-order chi connectivity index (χ0) is 43.5. The average molecular weight is 955 g/mol. The molecule has 0 heterocycles. The Morgan fingerprint density at radius 1 is 0.463 bits per heavy atom. The molecule has 0 amide bonds. The van der Waals surface area contributed by atoms with E-state index >= 15 is 0 Å². The van der Waals surface area contributed by atoms with Crippen LogP contribution < -0.4 is 0 Å². The van der Waals surface area contributed by atoms with Crippen LogP contribution >= 0.6 is 60.8 Å². The molecule has 54 heavy (non-hydrogen) atoms. The first-order chi connectivity index (χ1) is 23.7. The molecule has 0 aromatic rings. The maximum atomic E-state index is 13.7. The summed E-state index contributed by atoms with van der Waals surface area (Å²) in [5.41, 5.74) is -8.35. The lowest BCUT2D eigenvalue weighted by atomic mass is 10.1. The zero-order valence-electron chi connectivity index (χ0n) is 27.9. The topological polar surface area (TPSA) is 507 Å². The molecule has 0 saturated carbocycles. The normalized spacial score (nSPS) is 15.3. The zero-order valence-corrected chi connectivity index (χ0v) is 35.1. The van der Waals surface area contributed by atoms with Crippen LogP contribution in [0.25, 0.3) is 0 Å². The number of carboxylic acid groups (broad SMARTS) is 1. The largest absolute Gasteiger partial charge is 0.481 e. The van der Waals surface area contributed by atoms with Gasteiger partial charge in [-0.2, -0.15) is 0 Å². The molecule has 17 N–H and O–H groups in total. The van der Waals surface area contributed by atoms with Gasteiger partial charge in [-0.1, -0.05) is 39.5 Å². The highest BCUT2D eigenvalue weighted by Crippen LogP contribution is 2.83. The maximum Gasteiger partial charge on any atom is 0.373 e. The number of carbonyl (C=O) groups is 1. The summed E-state index contributed by atoms with van der Waals surface area (Å²) in [6.45, 7) is -4.81. The van der Waals surface area contributed by atoms with E-state index in [1.165, 1.54) is 0 Å². The summed E-state index contributed by atoms with van der Waals surface area (Å²) in [6, 6.07) is 0. The van der Waals surface area contributed by atoms with E-state index in [4.69, 9.17) is 5.11 Å². The van der Waals surface area contributed by atoms with E-state index in [-0.39, 0.29) is 32.1 Å². The molecule has 0 aliphatic rings. The second kappa shape index (κ2) is 18.9. The van der Waals surface area contributed by atoms with Crippen molar-refractivity contribution < 1.29 is 125 Å². The molecule has 0 bridgehead atoms. The Kier molecular flexibility index (Phi) is 19.1. The van der Waals surface area contributed by atoms with Gasteiger partial charge in [0.05, 0.1) is 0 Å². The SMILES string of the molecule is CCN(C(P(=O)(O)O)P(=O)(O)O)C(N(CCCCCCCCC(=O)O)C(N(CC)C(P(=O)(O)O)P(=O)(O)O)(P(=O)(O)O)P(=O)(O)O)(P(=O)(O)O)P(=O)(O)O. The van der Waals surface area contributed by atoms with Crippen molar-refractivity contribution in [2.75, 3.05) is 19.6 Å². The fourth-order valence-corrected chi connectivity index (χ4v) is 20.2. The number of rotatable bonds is 25. The van der Waals surface area contributed by atoms with Crippen molar-refractivity contribution in [2.45, 2.75) is 80.1 Å². The fourth-order valence-electron chi connectivity index (χ4n) is 5.88. The van der Waals surface area contributed by atoms with Crippen LogP contribution in [-0.2, 0) is 41.3 Å². The Morgan fingerprint density at radius 2 is 0.704 bits per heavy atom. The van der Waals surface area contributed by atoms with E-state index < -0.39 is 135 Å². The van der Waals surface area contributed by atoms with E-state index in [1.807, 2.05) is 0 Å². The predicted molar refractivity (Wildman–Crippen MR) is 181 cm³/mol. The number of hydrogen-bond donors (Lipinski definition) is 17. The van der Waals surface area contributed by atoms with E-state index in [2.05, 4.69) is 0 Å². The minimum atomic E-state index is -7.58. The van der Waals surface area contributed by atoms with Crippen molar-refractivity contribution in [1.82, 2.24) is 14.7 Å². The molecule has 324 valence electrons. The first kappa shape index (κ1) is 54.6. The highest BCUT2D eigenvalue weighted by Gasteiger charge is 2.83. The van der Waals surface area contributed by atoms with Crippen molar-refractivity contribution in [2.24, 2.45) is 0 Å². The van der Waals surface area contributed by atoms with Gasteiger partial charge in [0.25, 0.3) is 10.3 Å². The Balaban J connectivity index is 9.25. The molecule has 0 spiro atoms. The third-order valence-corrected chi connectivity index (χ3v) is 22.9. The van der Waals surface area contributed by atoms with Crippen LogP contribution in [0.2, 0.25) is 0 Å². The van der Waals surface area contributed by atoms with Crippen LogP contribution in [0, 0.1) is 0 Å². The summed E-state index contributed by atoms with van der Waals surface area (Å²) in [7, 11) is -57.4. The average Bonchev–Trinajstić information content (AvgIpc) is 2.86. The van der Waals surface area contributed by atoms with Crippen LogP contribution in [0.5, 0.6) is 0 Å². The van der Waals surface area contributed by atoms with Gasteiger partial charge in [0.2, 0.25) is 11.0 Å². The Morgan fingerprint density at radius 3 is 0.907 bits per heavy atom. The van der Waals surface area contributed by atoms with Gasteiger partial charge in [-0.3, -0.25) is 41.3 Å². The van der Waals surface area contributed by atoms with Crippen LogP contribution in [0.1, 0.15) is 58.8 Å². The van der Waals surface area contributed by atoms with Crippen LogP contribution in [-0.4, -0.2) is 145 Å². The summed E-state index contributed by atoms with van der Waals surface area (Å²) in [4.78, 5) is 174. The van der Waals surface area contributed by atoms with Crippen LogP contribution in [0.3, 0.4) is 0 Å². The molecular weight excluding hydrogens is 910 g/mol. The highest BCUT2D eigenvalue weighted by atomic mass is 31.3. The third-order valence-electron chi connectivity index (χ3n) is 7.52. The lowest BCUT2D eigenvalue weighted by molar-refractivity contribution is -0.137. The van der Waals surface area contributed by atoms with Crippen molar-refractivity contribution in [1.29, 1.82) is 0 Å². The Bertz CT molecular complexity index is 1500. The molecule has 0 fully saturated rings. The monoisotopic (exact) mass is 955 g/mol. The second-order valence-electron chi connectivity index (χ2n) is 11.4. The summed E-state index contributed by atoms with van der Waals surface area (Å²) < 4.78 is 105. The van der Waals surface area contributed by atoms with Gasteiger partial charge >= 0.3 is 66.7 Å². The van der Waals surface area contributed by atoms with E-state index in [0.717, 1.165) is 0 Å². The van der Waals surface area contributed by atoms with Gasteiger partial charge in [-0.25, -0.2) is 14.7 Å². The van der Waals surface area contributed by atoms with E-state index in [1.54, 1.807) is 0 Å². The molecule has 0 saturated heterocycles. The molecule has 0 aromatic heterocycles. The molecule has 0 unspecified atom stereocenters. The standard InChI is InChI=1S/C17H45N3O26P8/c1-3-18(14(47(23,24)25)48(26,27)28)16(51(35,36)37,52(38,39)40)20(12-10-8-6-5-7-9-11-13(21)22)17(53(41,42)43,54(44,45)46)19(4-2)15(49(29,30)31)50(32,33)34/h14-15H,3-12H2,1-2H3,(H,21,22)(H2,23,24,25)(H2,26,27,28)(H2,29,30,31)(H2,32,33,34)(H2,35,36,37)(H2,38,39,40)(H2,41,42,43)(H2,44,45,46). The molecule has 0 atom stereocenters. The molecular formula is C17H45N3O26P8. The highest BCUT2D eigenvalue weighted by molar-refractivity contribution is 7.75. The van der Waals surface area contributed by atoms with Gasteiger partial charge < -0.3 is 83.4 Å². The number of hydrogen-bond acceptors (Lipinski definition) is 12. The van der Waals surface area contributed by atoms with Crippen molar-refractivity contribution in [3.63, 3.8) is 0 Å². The van der Waals surface area contributed by atoms with Crippen molar-refractivity contribution in [3.8, 4) is 0 Å². The van der Waals surface area contributed by atoms with Gasteiger partial charge in [0.15, 0.2) is 0 Å². The summed E-state index contributed by atoms with van der Waals surface area (Å²) in [6.07, 6.45) is -1.72. The number of carboxylic acids is 1. The molecule has 0 rings (SSSR count). The number of unbranched alkanes of at least 4 members (excludes halogenated alkanes) is 5. The smallest absolute Gasteiger partial charge is 0.373 e. The lowest BCUT2D eigenvalue weighted by Gasteiger charge is -2.59. The van der Waals surface area contributed by atoms with Gasteiger partial charge in [-0.05, 0) is 25.9 Å². The molecule has 29 nitrogen and oxygen atoms in total. The van der Waals surface area contributed by atoms with Crippen molar-refractivity contribution >= 4 is 66.7 Å². The van der Waals surface area contributed by atoms with E-state index in [9.17, 15) is 120 Å². The summed E-state index contributed by atoms with van der Waals surface area (Å²) in [5, 5.41) is -2.29. The Hall–Kier alpha value is 0.550. The minimum Gasteiger partial charge on any atom is -0.481 e. The van der Waals surface area contributed by atoms with Crippen LogP contribution in [0.15, 0.2) is 0 Å². The summed E-state index contributed by atoms with van der Waals surface area (Å²) >= 11 is 0. The third kappa shape index (κ3) is 12.1. The quantitative estimate of drug-likeness (QED) is 0.0295. The second-order valence-corrected chi connectivity index (χ2v) is 26.5. The fraction of sp³-hybridized carbons (Fsp3) is 0.941. The Labute approximate surface area is 305 Å². The van der Waals surface area contributed by atoms with Gasteiger partial charge in [0, 0.05) is 13.0 Å². The molecule has 0 aliphatic heterocycles. The van der Waals surface area contributed by atoms with Crippen molar-refractivity contribution in [3.05, 3.63) is 0 Å². The lowest BCUT2D eigenvalue weighted by Crippen LogP contribution is -2.73. The molecule has 0 aromatic carbocycles. The van der Waals surface area contributed by atoms with E-state index in [0.29, 0.717) is 13.8 Å².